The van der Waals surface area contributed by atoms with E-state index in [1.165, 1.54) is 0 Å². The molecule has 1 aromatic rings. The summed E-state index contributed by atoms with van der Waals surface area (Å²) in [6.07, 6.45) is 0. The second-order valence-electron chi connectivity index (χ2n) is 20.1. The molecule has 0 spiro atoms. The summed E-state index contributed by atoms with van der Waals surface area (Å²) in [5.41, 5.74) is 0.962. The largest absolute Gasteiger partial charge is 0.544 e. The van der Waals surface area contributed by atoms with Gasteiger partial charge in [-0.15, -0.1) is 0 Å². The first-order valence-corrected chi connectivity index (χ1v) is 52.8. The van der Waals surface area contributed by atoms with Gasteiger partial charge in [-0.1, -0.05) is 30.3 Å². The smallest absolute Gasteiger partial charge is 0.391 e. The molecule has 1 rings (SSSR count). The van der Waals surface area contributed by atoms with Crippen molar-refractivity contribution in [2.75, 3.05) is 0 Å². The van der Waals surface area contributed by atoms with E-state index in [4.69, 9.17) is 37.3 Å². The molecular formula is C29H76O9Si13. The minimum atomic E-state index is -3.84. The molecule has 0 aliphatic rings. The van der Waals surface area contributed by atoms with Crippen LogP contribution in [0, 0.1) is 0 Å². The van der Waals surface area contributed by atoms with Crippen molar-refractivity contribution in [3.8, 4) is 0 Å². The average Bonchev–Trinajstić information content (AvgIpc) is 2.84. The summed E-state index contributed by atoms with van der Waals surface area (Å²) in [5.74, 6) is 0.770. The van der Waals surface area contributed by atoms with Crippen LogP contribution in [-0.4, -0.2) is 113 Å². The van der Waals surface area contributed by atoms with Crippen molar-refractivity contribution in [2.24, 2.45) is 0 Å². The zero-order valence-corrected chi connectivity index (χ0v) is 52.0. The van der Waals surface area contributed by atoms with Crippen LogP contribution in [0.25, 0.3) is 5.76 Å². The Kier molecular flexibility index (Phi) is 18.0. The lowest BCUT2D eigenvalue weighted by Gasteiger charge is -2.53. The topological polar surface area (TPSA) is 83.1 Å². The molecule has 0 saturated heterocycles. The van der Waals surface area contributed by atoms with Gasteiger partial charge in [0.2, 0.25) is 8.32 Å². The fourth-order valence-corrected chi connectivity index (χ4v) is 82.3. The van der Waals surface area contributed by atoms with E-state index >= 15 is 0 Å². The van der Waals surface area contributed by atoms with Gasteiger partial charge in [0.25, 0.3) is 0 Å². The molecule has 0 aliphatic heterocycles. The highest BCUT2D eigenvalue weighted by Gasteiger charge is 2.72. The van der Waals surface area contributed by atoms with Crippen LogP contribution in [-0.2, 0) is 37.3 Å². The van der Waals surface area contributed by atoms with Gasteiger partial charge < -0.3 is 37.3 Å². The molecule has 0 radical (unpaired) electrons. The fourth-order valence-electron chi connectivity index (χ4n) is 5.41. The Morgan fingerprint density at radius 3 is 0.941 bits per heavy atom. The van der Waals surface area contributed by atoms with Gasteiger partial charge in [0.05, 0.1) is 4.82 Å². The maximum absolute atomic E-state index is 7.90. The van der Waals surface area contributed by atoms with Crippen molar-refractivity contribution in [3.05, 3.63) is 40.7 Å². The summed E-state index contributed by atoms with van der Waals surface area (Å²) >= 11 is 0. The molecule has 0 fully saturated rings. The third-order valence-electron chi connectivity index (χ3n) is 6.17. The minimum absolute atomic E-state index is 0.470. The molecule has 0 heterocycles. The van der Waals surface area contributed by atoms with Gasteiger partial charge >= 0.3 is 33.8 Å². The maximum Gasteiger partial charge on any atom is 0.391 e. The van der Waals surface area contributed by atoms with Crippen LogP contribution in [0.1, 0.15) is 5.56 Å². The molecule has 0 amide bonds. The van der Waals surface area contributed by atoms with E-state index in [2.05, 4.69) is 168 Å². The Morgan fingerprint density at radius 2 is 0.725 bits per heavy atom. The van der Waals surface area contributed by atoms with Gasteiger partial charge in [0, 0.05) is 5.56 Å². The van der Waals surface area contributed by atoms with Gasteiger partial charge in [-0.25, -0.2) is 0 Å². The van der Waals surface area contributed by atoms with Crippen molar-refractivity contribution in [2.45, 2.75) is 137 Å². The summed E-state index contributed by atoms with van der Waals surface area (Å²) in [7, 11) is -28.9. The highest BCUT2D eigenvalue weighted by molar-refractivity contribution is 7.44. The Morgan fingerprint density at radius 1 is 0.431 bits per heavy atom. The van der Waals surface area contributed by atoms with Crippen LogP contribution < -0.4 is 0 Å². The summed E-state index contributed by atoms with van der Waals surface area (Å²) in [6.45, 7) is 47.3. The van der Waals surface area contributed by atoms with Crippen LogP contribution in [0.3, 0.4) is 0 Å². The molecule has 0 N–H and O–H groups in total. The van der Waals surface area contributed by atoms with Crippen LogP contribution in [0.2, 0.25) is 137 Å². The Bertz CT molecular complexity index is 1180. The van der Waals surface area contributed by atoms with Gasteiger partial charge in [-0.3, -0.25) is 0 Å². The van der Waals surface area contributed by atoms with Gasteiger partial charge in [0.15, 0.2) is 49.9 Å². The number of benzene rings is 1. The molecule has 2 unspecified atom stereocenters. The first-order valence-electron chi connectivity index (χ1n) is 18.2. The fraction of sp³-hybridized carbons (Fsp3) is 0.724. The van der Waals surface area contributed by atoms with E-state index in [1.54, 1.807) is 0 Å². The maximum atomic E-state index is 7.90. The van der Waals surface area contributed by atoms with Gasteiger partial charge in [-0.05, 0) is 137 Å². The van der Waals surface area contributed by atoms with Crippen LogP contribution >= 0.6 is 0 Å². The van der Waals surface area contributed by atoms with Crippen molar-refractivity contribution in [1.82, 2.24) is 0 Å². The predicted octanol–water partition coefficient (Wildman–Crippen LogP) is 6.51. The molecule has 22 heteroatoms. The van der Waals surface area contributed by atoms with Crippen molar-refractivity contribution in [3.63, 3.8) is 0 Å². The summed E-state index contributed by atoms with van der Waals surface area (Å²) < 4.78 is 67.6. The Hall–Kier alpha value is 1.26. The van der Waals surface area contributed by atoms with Crippen molar-refractivity contribution in [1.29, 1.82) is 0 Å². The Labute approximate surface area is 332 Å². The van der Waals surface area contributed by atoms with Crippen LogP contribution in [0.4, 0.5) is 0 Å². The lowest BCUT2D eigenvalue weighted by atomic mass is 10.2. The van der Waals surface area contributed by atoms with E-state index in [1.807, 2.05) is 0 Å². The second-order valence-corrected chi connectivity index (χ2v) is 71.7. The Balaban J connectivity index is 5.29. The molecule has 0 aliphatic carbocycles. The molecule has 1 aromatic carbocycles. The van der Waals surface area contributed by atoms with Crippen molar-refractivity contribution < 1.29 is 37.3 Å². The van der Waals surface area contributed by atoms with Crippen LogP contribution in [0.5, 0.6) is 0 Å². The van der Waals surface area contributed by atoms with E-state index in [0.717, 1.165) is 16.1 Å². The number of rotatable bonds is 21. The first-order chi connectivity index (χ1) is 22.5. The zero-order chi connectivity index (χ0) is 40.3. The second kappa shape index (κ2) is 18.2. The highest BCUT2D eigenvalue weighted by atomic mass is 29.3. The lowest BCUT2D eigenvalue weighted by molar-refractivity contribution is 0.351. The average molecular weight is 934 g/mol. The van der Waals surface area contributed by atoms with Crippen molar-refractivity contribution >= 4 is 119 Å². The molecular weight excluding hydrogens is 857 g/mol. The molecule has 51 heavy (non-hydrogen) atoms. The first kappa shape index (κ1) is 50.3. The third-order valence-corrected chi connectivity index (χ3v) is 55.4. The summed E-state index contributed by atoms with van der Waals surface area (Å²) in [6, 6.07) is 10.5. The molecule has 9 nitrogen and oxygen atoms in total. The molecule has 0 bridgehead atoms. The predicted molar refractivity (Wildman–Crippen MR) is 252 cm³/mol. The van der Waals surface area contributed by atoms with Crippen LogP contribution in [0.15, 0.2) is 35.2 Å². The normalized spacial score (nSPS) is 15.9. The highest BCUT2D eigenvalue weighted by Crippen LogP contribution is 2.45. The molecule has 0 aromatic heterocycles. The monoisotopic (exact) mass is 932 g/mol. The third kappa shape index (κ3) is 17.5. The molecule has 298 valence electrons. The van der Waals surface area contributed by atoms with E-state index in [-0.39, 0.29) is 0 Å². The SMILES string of the molecule is C[Si](C)(C)OC(=C([Si](O[Si](C)(C)C)(O[Si](C)(C)C)[SiH](O[SiH3])O[Si](C)(C)C)[Si](O[Si](C)(C)C)(O[Si](C)(C)C)[SiH](O[SiH3])O[Si](C)(C)C)c1ccccc1. The lowest BCUT2D eigenvalue weighted by Crippen LogP contribution is -2.79. The van der Waals surface area contributed by atoms with E-state index < -0.39 is 92.0 Å². The van der Waals surface area contributed by atoms with Gasteiger partial charge in [-0.2, -0.15) is 0 Å². The quantitative estimate of drug-likeness (QED) is 0.101. The standard InChI is InChI=1S/C29H76O9Si13/c1-43(2,3)30-28(27-25-23-22-24-26-27)29(50(35-46(10,11)12,36-47(13,14)15)41(31-39)33-44(4,5)6)51(37-48(16,17)18,38-49(19,20)21)42(32-40)34-45(7,8)9/h22-26,41-42H,1-21,39-40H3. The summed E-state index contributed by atoms with van der Waals surface area (Å²) in [5, 5.41) is 0. The number of hydrogen-bond acceptors (Lipinski definition) is 9. The molecule has 0 saturated carbocycles. The molecule has 2 atom stereocenters. The number of hydrogen-bond donors (Lipinski definition) is 0. The zero-order valence-electron chi connectivity index (χ0n) is 36.7. The minimum Gasteiger partial charge on any atom is -0.544 e. The summed E-state index contributed by atoms with van der Waals surface area (Å²) in [4.78, 5) is 0.940. The van der Waals surface area contributed by atoms with Gasteiger partial charge in [0.1, 0.15) is 26.7 Å². The van der Waals surface area contributed by atoms with E-state index in [0.29, 0.717) is 21.0 Å². The van der Waals surface area contributed by atoms with E-state index in [9.17, 15) is 0 Å².